The molecular formula is C25H28N4O2. The smallest absolute Gasteiger partial charge is 0.223 e. The molecule has 1 aromatic heterocycles. The van der Waals surface area contributed by atoms with Gasteiger partial charge in [0.15, 0.2) is 0 Å². The van der Waals surface area contributed by atoms with Crippen LogP contribution < -0.4 is 15.0 Å². The molecule has 0 bridgehead atoms. The average Bonchev–Trinajstić information content (AvgIpc) is 2.83. The molecule has 0 radical (unpaired) electrons. The van der Waals surface area contributed by atoms with Gasteiger partial charge in [-0.15, -0.1) is 0 Å². The third kappa shape index (κ3) is 4.07. The van der Waals surface area contributed by atoms with Crippen molar-refractivity contribution in [1.82, 2.24) is 15.3 Å². The lowest BCUT2D eigenvalue weighted by atomic mass is 9.94. The molecule has 160 valence electrons. The van der Waals surface area contributed by atoms with Crippen molar-refractivity contribution in [2.24, 2.45) is 5.92 Å². The van der Waals surface area contributed by atoms with Gasteiger partial charge in [0.05, 0.1) is 18.2 Å². The molecule has 3 aromatic rings. The molecule has 1 amide bonds. The molecule has 2 aliphatic rings. The fourth-order valence-electron chi connectivity index (χ4n) is 4.66. The Labute approximate surface area is 182 Å². The summed E-state index contributed by atoms with van der Waals surface area (Å²) in [6.07, 6.45) is 5.38. The van der Waals surface area contributed by atoms with Crippen molar-refractivity contribution in [3.8, 4) is 5.75 Å². The second-order valence-electron chi connectivity index (χ2n) is 8.53. The first kappa shape index (κ1) is 19.8. The molecule has 1 atom stereocenters. The van der Waals surface area contributed by atoms with Gasteiger partial charge in [-0.2, -0.15) is 0 Å². The maximum atomic E-state index is 12.9. The topological polar surface area (TPSA) is 67.4 Å². The number of fused-ring (bicyclic) bond motifs is 2. The predicted octanol–water partition coefficient (Wildman–Crippen LogP) is 4.05. The quantitative estimate of drug-likeness (QED) is 0.695. The monoisotopic (exact) mass is 416 g/mol. The number of carbonyl (C=O) groups is 1. The standard InChI is InChI=1S/C25H28N4O2/c1-17(19-8-9-23-20(15-19)5-4-14-31-23)28-25(30)18-10-12-29(13-11-18)24-21-6-2-3-7-22(21)26-16-27-24/h2-3,6-9,15-18H,4-5,10-14H2,1H3,(H,28,30)/t17-/m0/s1. The summed E-state index contributed by atoms with van der Waals surface area (Å²) < 4.78 is 5.71. The third-order valence-electron chi connectivity index (χ3n) is 6.48. The van der Waals surface area contributed by atoms with Crippen LogP contribution in [0.3, 0.4) is 0 Å². The normalized spacial score (nSPS) is 17.6. The Balaban J connectivity index is 1.21. The summed E-state index contributed by atoms with van der Waals surface area (Å²) in [5, 5.41) is 4.30. The van der Waals surface area contributed by atoms with Crippen LogP contribution in [0.5, 0.6) is 5.75 Å². The first-order valence-electron chi connectivity index (χ1n) is 11.2. The van der Waals surface area contributed by atoms with Crippen LogP contribution in [0.25, 0.3) is 10.9 Å². The maximum Gasteiger partial charge on any atom is 0.223 e. The summed E-state index contributed by atoms with van der Waals surface area (Å²) in [7, 11) is 0. The summed E-state index contributed by atoms with van der Waals surface area (Å²) >= 11 is 0. The van der Waals surface area contributed by atoms with E-state index >= 15 is 0 Å². The Kier molecular flexibility index (Phi) is 5.45. The van der Waals surface area contributed by atoms with E-state index in [1.807, 2.05) is 24.3 Å². The predicted molar refractivity (Wildman–Crippen MR) is 121 cm³/mol. The van der Waals surface area contributed by atoms with Crippen molar-refractivity contribution in [2.75, 3.05) is 24.6 Å². The Bertz CT molecular complexity index is 1090. The van der Waals surface area contributed by atoms with Gasteiger partial charge in [-0.25, -0.2) is 9.97 Å². The van der Waals surface area contributed by atoms with Crippen molar-refractivity contribution < 1.29 is 9.53 Å². The fourth-order valence-corrected chi connectivity index (χ4v) is 4.66. The van der Waals surface area contributed by atoms with Crippen molar-refractivity contribution in [3.63, 3.8) is 0 Å². The fraction of sp³-hybridized carbons (Fsp3) is 0.400. The lowest BCUT2D eigenvalue weighted by molar-refractivity contribution is -0.126. The maximum absolute atomic E-state index is 12.9. The van der Waals surface area contributed by atoms with Crippen LogP contribution in [0.1, 0.15) is 43.4 Å². The lowest BCUT2D eigenvalue weighted by Crippen LogP contribution is -2.41. The molecule has 2 aromatic carbocycles. The minimum absolute atomic E-state index is 0.0106. The number of anilines is 1. The van der Waals surface area contributed by atoms with Crippen LogP contribution in [-0.4, -0.2) is 35.6 Å². The third-order valence-corrected chi connectivity index (χ3v) is 6.48. The van der Waals surface area contributed by atoms with Crippen LogP contribution in [0, 0.1) is 5.92 Å². The number of rotatable bonds is 4. The van der Waals surface area contributed by atoms with E-state index in [9.17, 15) is 4.79 Å². The first-order valence-corrected chi connectivity index (χ1v) is 11.2. The number of piperidine rings is 1. The van der Waals surface area contributed by atoms with E-state index in [1.54, 1.807) is 6.33 Å². The van der Waals surface area contributed by atoms with Crippen molar-refractivity contribution in [3.05, 3.63) is 59.9 Å². The number of aryl methyl sites for hydroxylation is 1. The number of nitrogens with zero attached hydrogens (tertiary/aromatic N) is 3. The number of ether oxygens (including phenoxy) is 1. The van der Waals surface area contributed by atoms with Gasteiger partial charge in [0.25, 0.3) is 0 Å². The van der Waals surface area contributed by atoms with Crippen LogP contribution in [0.15, 0.2) is 48.8 Å². The Hall–Kier alpha value is -3.15. The summed E-state index contributed by atoms with van der Waals surface area (Å²) in [5.41, 5.74) is 3.34. The minimum Gasteiger partial charge on any atom is -0.493 e. The minimum atomic E-state index is -0.0106. The lowest BCUT2D eigenvalue weighted by Gasteiger charge is -2.33. The molecular weight excluding hydrogens is 388 g/mol. The van der Waals surface area contributed by atoms with Crippen LogP contribution in [0.4, 0.5) is 5.82 Å². The number of para-hydroxylation sites is 1. The summed E-state index contributed by atoms with van der Waals surface area (Å²) in [4.78, 5) is 24.1. The van der Waals surface area contributed by atoms with E-state index in [-0.39, 0.29) is 17.9 Å². The number of amides is 1. The molecule has 6 nitrogen and oxygen atoms in total. The number of aromatic nitrogens is 2. The van der Waals surface area contributed by atoms with Crippen LogP contribution in [0.2, 0.25) is 0 Å². The van der Waals surface area contributed by atoms with Gasteiger partial charge in [-0.3, -0.25) is 4.79 Å². The van der Waals surface area contributed by atoms with Crippen molar-refractivity contribution in [2.45, 2.75) is 38.6 Å². The summed E-state index contributed by atoms with van der Waals surface area (Å²) in [5.74, 6) is 2.13. The van der Waals surface area contributed by atoms with E-state index in [4.69, 9.17) is 4.74 Å². The Morgan fingerprint density at radius 3 is 2.87 bits per heavy atom. The molecule has 0 spiro atoms. The molecule has 3 heterocycles. The number of hydrogen-bond acceptors (Lipinski definition) is 5. The number of carbonyl (C=O) groups excluding carboxylic acids is 1. The number of nitrogens with one attached hydrogen (secondary N) is 1. The first-order chi connectivity index (χ1) is 15.2. The van der Waals surface area contributed by atoms with Crippen LogP contribution in [-0.2, 0) is 11.2 Å². The number of benzene rings is 2. The van der Waals surface area contributed by atoms with Gasteiger partial charge in [-0.05, 0) is 61.9 Å². The highest BCUT2D eigenvalue weighted by molar-refractivity contribution is 5.89. The van der Waals surface area contributed by atoms with E-state index in [2.05, 4.69) is 45.3 Å². The highest BCUT2D eigenvalue weighted by Crippen LogP contribution is 2.30. The van der Waals surface area contributed by atoms with Gasteiger partial charge in [0, 0.05) is 24.4 Å². The second-order valence-corrected chi connectivity index (χ2v) is 8.53. The molecule has 0 aliphatic carbocycles. The zero-order valence-corrected chi connectivity index (χ0v) is 17.9. The van der Waals surface area contributed by atoms with Gasteiger partial charge >= 0.3 is 0 Å². The average molecular weight is 417 g/mol. The molecule has 31 heavy (non-hydrogen) atoms. The van der Waals surface area contributed by atoms with E-state index < -0.39 is 0 Å². The van der Waals surface area contributed by atoms with Crippen molar-refractivity contribution >= 4 is 22.6 Å². The zero-order valence-electron chi connectivity index (χ0n) is 17.9. The molecule has 1 fully saturated rings. The van der Waals surface area contributed by atoms with Gasteiger partial charge in [-0.1, -0.05) is 24.3 Å². The molecule has 5 rings (SSSR count). The molecule has 6 heteroatoms. The Morgan fingerprint density at radius 2 is 2.00 bits per heavy atom. The van der Waals surface area contributed by atoms with E-state index in [1.165, 1.54) is 5.56 Å². The highest BCUT2D eigenvalue weighted by atomic mass is 16.5. The second kappa shape index (κ2) is 8.53. The van der Waals surface area contributed by atoms with Gasteiger partial charge < -0.3 is 15.0 Å². The zero-order chi connectivity index (χ0) is 21.2. The van der Waals surface area contributed by atoms with Gasteiger partial charge in [0.2, 0.25) is 5.91 Å². The van der Waals surface area contributed by atoms with Gasteiger partial charge in [0.1, 0.15) is 17.9 Å². The highest BCUT2D eigenvalue weighted by Gasteiger charge is 2.27. The van der Waals surface area contributed by atoms with E-state index in [0.29, 0.717) is 0 Å². The summed E-state index contributed by atoms with van der Waals surface area (Å²) in [6, 6.07) is 14.4. The Morgan fingerprint density at radius 1 is 1.16 bits per heavy atom. The number of hydrogen-bond donors (Lipinski definition) is 1. The summed E-state index contributed by atoms with van der Waals surface area (Å²) in [6.45, 7) is 4.50. The molecule has 2 aliphatic heterocycles. The largest absolute Gasteiger partial charge is 0.493 e. The molecule has 1 saturated heterocycles. The SMILES string of the molecule is C[C@H](NC(=O)C1CCN(c2ncnc3ccccc23)CC1)c1ccc2c(c1)CCCO2. The molecule has 1 N–H and O–H groups in total. The van der Waals surface area contributed by atoms with Crippen LogP contribution >= 0.6 is 0 Å². The molecule has 0 saturated carbocycles. The molecule has 0 unspecified atom stereocenters. The van der Waals surface area contributed by atoms with Crippen molar-refractivity contribution in [1.29, 1.82) is 0 Å². The van der Waals surface area contributed by atoms with E-state index in [0.717, 1.165) is 73.4 Å².